The summed E-state index contributed by atoms with van der Waals surface area (Å²) in [5, 5.41) is 0. The minimum atomic E-state index is 0.607. The summed E-state index contributed by atoms with van der Waals surface area (Å²) >= 11 is 0. The maximum atomic E-state index is 2.47. The zero-order chi connectivity index (χ0) is 8.28. The maximum Gasteiger partial charge on any atom is -0.0272 e. The molecule has 2 aliphatic carbocycles. The number of hydrogen-bond donors (Lipinski definition) is 0. The van der Waals surface area contributed by atoms with Crippen LogP contribution in [0.2, 0.25) is 0 Å². The minimum absolute atomic E-state index is 0.607. The molecule has 0 aromatic rings. The fourth-order valence-electron chi connectivity index (χ4n) is 3.34. The van der Waals surface area contributed by atoms with Crippen molar-refractivity contribution in [2.24, 2.45) is 22.7 Å². The number of fused-ring (bicyclic) bond motifs is 2. The average molecular weight is 152 g/mol. The van der Waals surface area contributed by atoms with Gasteiger partial charge in [-0.3, -0.25) is 0 Å². The number of rotatable bonds is 0. The first kappa shape index (κ1) is 7.64. The molecule has 2 fully saturated rings. The monoisotopic (exact) mass is 152 g/mol. The van der Waals surface area contributed by atoms with Crippen molar-refractivity contribution in [2.75, 3.05) is 0 Å². The van der Waals surface area contributed by atoms with Gasteiger partial charge >= 0.3 is 0 Å². The highest BCUT2D eigenvalue weighted by molar-refractivity contribution is 5.06. The van der Waals surface area contributed by atoms with Crippen molar-refractivity contribution in [1.82, 2.24) is 0 Å². The summed E-state index contributed by atoms with van der Waals surface area (Å²) in [5.74, 6) is 2.06. The number of hydrogen-bond acceptors (Lipinski definition) is 0. The van der Waals surface area contributed by atoms with E-state index in [1.165, 1.54) is 19.3 Å². The molecule has 0 heteroatoms. The van der Waals surface area contributed by atoms with Crippen molar-refractivity contribution in [3.05, 3.63) is 0 Å². The Balaban J connectivity index is 2.36. The van der Waals surface area contributed by atoms with Crippen LogP contribution in [0.15, 0.2) is 0 Å². The highest BCUT2D eigenvalue weighted by atomic mass is 14.6. The lowest BCUT2D eigenvalue weighted by Gasteiger charge is -2.45. The van der Waals surface area contributed by atoms with Gasteiger partial charge in [0, 0.05) is 0 Å². The van der Waals surface area contributed by atoms with Crippen molar-refractivity contribution in [3.8, 4) is 0 Å². The molecule has 0 radical (unpaired) electrons. The third-order valence-electron chi connectivity index (χ3n) is 5.13. The van der Waals surface area contributed by atoms with Gasteiger partial charge in [0.25, 0.3) is 0 Å². The molecule has 11 heavy (non-hydrogen) atoms. The van der Waals surface area contributed by atoms with Crippen LogP contribution in [0.5, 0.6) is 0 Å². The predicted molar refractivity (Wildman–Crippen MR) is 48.4 cm³/mol. The zero-order valence-electron chi connectivity index (χ0n) is 8.28. The third-order valence-corrected chi connectivity index (χ3v) is 5.13. The Morgan fingerprint density at radius 1 is 0.818 bits per heavy atom. The van der Waals surface area contributed by atoms with E-state index in [1.54, 1.807) is 0 Å². The molecular formula is C11H20. The van der Waals surface area contributed by atoms with E-state index in [9.17, 15) is 0 Å². The van der Waals surface area contributed by atoms with Gasteiger partial charge in [-0.2, -0.15) is 0 Å². The minimum Gasteiger partial charge on any atom is -0.0591 e. The zero-order valence-corrected chi connectivity index (χ0v) is 8.28. The van der Waals surface area contributed by atoms with Crippen LogP contribution in [0.25, 0.3) is 0 Å². The van der Waals surface area contributed by atoms with Crippen molar-refractivity contribution >= 4 is 0 Å². The topological polar surface area (TPSA) is 0 Å². The summed E-state index contributed by atoms with van der Waals surface area (Å²) in [5.41, 5.74) is 1.21. The Morgan fingerprint density at radius 3 is 1.36 bits per heavy atom. The largest absolute Gasteiger partial charge is 0.0591 e. The lowest BCUT2D eigenvalue weighted by molar-refractivity contribution is 0.0392. The molecule has 0 N–H and O–H groups in total. The van der Waals surface area contributed by atoms with Gasteiger partial charge in [-0.25, -0.2) is 0 Å². The molecule has 2 aliphatic rings. The fourth-order valence-corrected chi connectivity index (χ4v) is 3.34. The van der Waals surface area contributed by atoms with Crippen molar-refractivity contribution in [1.29, 1.82) is 0 Å². The summed E-state index contributed by atoms with van der Waals surface area (Å²) < 4.78 is 0. The first-order valence-corrected chi connectivity index (χ1v) is 4.96. The highest BCUT2D eigenvalue weighted by Gasteiger charge is 2.57. The molecule has 0 nitrogen and oxygen atoms in total. The maximum absolute atomic E-state index is 2.47. The smallest absolute Gasteiger partial charge is 0.0272 e. The molecule has 2 saturated carbocycles. The lowest BCUT2D eigenvalue weighted by Crippen LogP contribution is -2.37. The van der Waals surface area contributed by atoms with Crippen LogP contribution >= 0.6 is 0 Å². The molecule has 2 atom stereocenters. The van der Waals surface area contributed by atoms with Gasteiger partial charge in [0.1, 0.15) is 0 Å². The van der Waals surface area contributed by atoms with Crippen LogP contribution in [0, 0.1) is 22.7 Å². The molecule has 2 rings (SSSR count). The molecule has 2 unspecified atom stereocenters. The second kappa shape index (κ2) is 1.84. The van der Waals surface area contributed by atoms with Crippen LogP contribution in [0.3, 0.4) is 0 Å². The van der Waals surface area contributed by atoms with Crippen molar-refractivity contribution in [3.63, 3.8) is 0 Å². The van der Waals surface area contributed by atoms with E-state index in [0.29, 0.717) is 10.8 Å². The second-order valence-corrected chi connectivity index (χ2v) is 5.65. The van der Waals surface area contributed by atoms with Crippen LogP contribution < -0.4 is 0 Å². The van der Waals surface area contributed by atoms with E-state index in [2.05, 4.69) is 27.7 Å². The summed E-state index contributed by atoms with van der Waals surface area (Å²) in [6.07, 6.45) is 4.52. The first-order valence-electron chi connectivity index (χ1n) is 4.96. The summed E-state index contributed by atoms with van der Waals surface area (Å²) in [6, 6.07) is 0. The van der Waals surface area contributed by atoms with Gasteiger partial charge in [0.05, 0.1) is 0 Å². The average Bonchev–Trinajstić information content (AvgIpc) is 2.37. The van der Waals surface area contributed by atoms with Gasteiger partial charge in [-0.05, 0) is 41.9 Å². The van der Waals surface area contributed by atoms with Gasteiger partial charge in [-0.1, -0.05) is 27.7 Å². The Hall–Kier alpha value is 0. The quantitative estimate of drug-likeness (QED) is 0.498. The van der Waals surface area contributed by atoms with Gasteiger partial charge in [0.15, 0.2) is 0 Å². The second-order valence-electron chi connectivity index (χ2n) is 5.65. The molecule has 2 bridgehead atoms. The fraction of sp³-hybridized carbons (Fsp3) is 1.00. The molecule has 0 amide bonds. The molecule has 64 valence electrons. The standard InChI is InChI=1S/C11H20/c1-10(2)8-5-6-9(7-8)11(10,3)4/h8-9H,5-7H2,1-4H3. The van der Waals surface area contributed by atoms with E-state index in [0.717, 1.165) is 11.8 Å². The summed E-state index contributed by atoms with van der Waals surface area (Å²) in [7, 11) is 0. The molecule has 0 spiro atoms. The molecule has 0 saturated heterocycles. The van der Waals surface area contributed by atoms with Gasteiger partial charge in [0.2, 0.25) is 0 Å². The molecule has 0 heterocycles. The van der Waals surface area contributed by atoms with Crippen LogP contribution in [-0.2, 0) is 0 Å². The van der Waals surface area contributed by atoms with E-state index < -0.39 is 0 Å². The van der Waals surface area contributed by atoms with E-state index in [-0.39, 0.29) is 0 Å². The van der Waals surface area contributed by atoms with E-state index >= 15 is 0 Å². The predicted octanol–water partition coefficient (Wildman–Crippen LogP) is 3.47. The SMILES string of the molecule is CC1(C)C2CCC(C2)C1(C)C. The Kier molecular flexibility index (Phi) is 1.28. The normalized spacial score (nSPS) is 44.7. The Bertz CT molecular complexity index is 156. The Labute approximate surface area is 70.4 Å². The Morgan fingerprint density at radius 2 is 1.18 bits per heavy atom. The summed E-state index contributed by atoms with van der Waals surface area (Å²) in [4.78, 5) is 0. The highest BCUT2D eigenvalue weighted by Crippen LogP contribution is 2.65. The van der Waals surface area contributed by atoms with Gasteiger partial charge in [-0.15, -0.1) is 0 Å². The van der Waals surface area contributed by atoms with Crippen LogP contribution in [0.4, 0.5) is 0 Å². The molecule has 0 aliphatic heterocycles. The van der Waals surface area contributed by atoms with E-state index in [4.69, 9.17) is 0 Å². The van der Waals surface area contributed by atoms with E-state index in [1.807, 2.05) is 0 Å². The lowest BCUT2D eigenvalue weighted by atomic mass is 9.60. The molecule has 0 aromatic heterocycles. The molecule has 0 aromatic carbocycles. The molecular weight excluding hydrogens is 132 g/mol. The first-order chi connectivity index (χ1) is 4.96. The van der Waals surface area contributed by atoms with Gasteiger partial charge < -0.3 is 0 Å². The van der Waals surface area contributed by atoms with Crippen LogP contribution in [0.1, 0.15) is 47.0 Å². The van der Waals surface area contributed by atoms with Crippen LogP contribution in [-0.4, -0.2) is 0 Å². The van der Waals surface area contributed by atoms with Crippen molar-refractivity contribution in [2.45, 2.75) is 47.0 Å². The van der Waals surface area contributed by atoms with Crippen molar-refractivity contribution < 1.29 is 0 Å². The third kappa shape index (κ3) is 0.711. The summed E-state index contributed by atoms with van der Waals surface area (Å²) in [6.45, 7) is 9.88.